The maximum atomic E-state index is 3.52. The molecule has 0 aromatic heterocycles. The molecule has 3 rings (SSSR count). The smallest absolute Gasteiger partial charge is 0.0348 e. The Bertz CT molecular complexity index is 363. The summed E-state index contributed by atoms with van der Waals surface area (Å²) in [5, 5.41) is 3.52. The van der Waals surface area contributed by atoms with Crippen LogP contribution >= 0.6 is 0 Å². The van der Waals surface area contributed by atoms with Crippen molar-refractivity contribution in [1.29, 1.82) is 0 Å². The molecule has 1 aromatic carbocycles. The molecule has 2 fully saturated rings. The van der Waals surface area contributed by atoms with Crippen LogP contribution in [0.5, 0.6) is 0 Å². The Morgan fingerprint density at radius 3 is 2.44 bits per heavy atom. The van der Waals surface area contributed by atoms with Crippen LogP contribution in [0.4, 0.5) is 0 Å². The second-order valence-corrected chi connectivity index (χ2v) is 5.36. The van der Waals surface area contributed by atoms with Crippen molar-refractivity contribution in [3.8, 4) is 0 Å². The van der Waals surface area contributed by atoms with Gasteiger partial charge in [0.1, 0.15) is 0 Å². The van der Waals surface area contributed by atoms with Crippen molar-refractivity contribution in [1.82, 2.24) is 5.32 Å². The van der Waals surface area contributed by atoms with Crippen LogP contribution in [-0.2, 0) is 0 Å². The van der Waals surface area contributed by atoms with E-state index in [1.165, 1.54) is 32.1 Å². The Morgan fingerprint density at radius 2 is 1.88 bits per heavy atom. The summed E-state index contributed by atoms with van der Waals surface area (Å²) >= 11 is 0. The molecular formula is C15H21N. The molecule has 2 saturated carbocycles. The minimum Gasteiger partial charge on any atom is -0.313 e. The molecule has 0 spiro atoms. The second-order valence-electron chi connectivity index (χ2n) is 5.36. The fourth-order valence-electron chi connectivity index (χ4n) is 2.96. The van der Waals surface area contributed by atoms with Gasteiger partial charge in [-0.2, -0.15) is 0 Å². The first-order valence-electron chi connectivity index (χ1n) is 6.66. The minimum absolute atomic E-state index is 0.608. The molecule has 1 N–H and O–H groups in total. The molecule has 0 amide bonds. The molecule has 1 nitrogen and oxygen atoms in total. The third-order valence-corrected chi connectivity index (χ3v) is 4.28. The summed E-state index contributed by atoms with van der Waals surface area (Å²) in [6.07, 6.45) is 7.04. The number of hydrogen-bond acceptors (Lipinski definition) is 1. The molecule has 1 atom stereocenters. The van der Waals surface area contributed by atoms with Gasteiger partial charge in [0.25, 0.3) is 0 Å². The predicted octanol–water partition coefficient (Wildman–Crippen LogP) is 3.62. The first-order chi connectivity index (χ1) is 7.90. The lowest BCUT2D eigenvalue weighted by atomic mass is 9.77. The number of rotatable bonds is 4. The van der Waals surface area contributed by atoms with Crippen molar-refractivity contribution >= 4 is 0 Å². The van der Waals surface area contributed by atoms with Crippen LogP contribution in [0.1, 0.15) is 55.2 Å². The van der Waals surface area contributed by atoms with Gasteiger partial charge in [-0.1, -0.05) is 30.7 Å². The van der Waals surface area contributed by atoms with E-state index in [1.54, 1.807) is 11.1 Å². The Labute approximate surface area is 98.3 Å². The lowest BCUT2D eigenvalue weighted by Gasteiger charge is -2.30. The molecule has 86 valence electrons. The topological polar surface area (TPSA) is 12.0 Å². The molecule has 1 aromatic rings. The Morgan fingerprint density at radius 1 is 1.12 bits per heavy atom. The zero-order valence-electron chi connectivity index (χ0n) is 10.1. The predicted molar refractivity (Wildman–Crippen MR) is 67.6 cm³/mol. The molecule has 1 unspecified atom stereocenters. The summed E-state index contributed by atoms with van der Waals surface area (Å²) in [7, 11) is 2.11. The van der Waals surface area contributed by atoms with Gasteiger partial charge < -0.3 is 5.32 Å². The zero-order chi connectivity index (χ0) is 11.0. The third-order valence-electron chi connectivity index (χ3n) is 4.28. The minimum atomic E-state index is 0.608. The van der Waals surface area contributed by atoms with Crippen molar-refractivity contribution in [2.24, 2.45) is 5.92 Å². The van der Waals surface area contributed by atoms with Gasteiger partial charge in [-0.3, -0.25) is 0 Å². The van der Waals surface area contributed by atoms with Crippen molar-refractivity contribution in [2.45, 2.75) is 44.1 Å². The molecule has 2 aliphatic rings. The number of benzene rings is 1. The fraction of sp³-hybridized carbons (Fsp3) is 0.600. The van der Waals surface area contributed by atoms with Gasteiger partial charge in [0.05, 0.1) is 0 Å². The summed E-state index contributed by atoms with van der Waals surface area (Å²) in [5.41, 5.74) is 3.21. The lowest BCUT2D eigenvalue weighted by molar-refractivity contribution is 0.409. The highest BCUT2D eigenvalue weighted by atomic mass is 14.9. The second kappa shape index (κ2) is 4.21. The SMILES string of the molecule is CNC(c1ccccc1C1CCC1)C1CC1. The highest BCUT2D eigenvalue weighted by Gasteiger charge is 2.34. The Balaban J connectivity index is 1.91. The van der Waals surface area contributed by atoms with E-state index in [4.69, 9.17) is 0 Å². The van der Waals surface area contributed by atoms with Gasteiger partial charge in [0.2, 0.25) is 0 Å². The first kappa shape index (κ1) is 10.3. The van der Waals surface area contributed by atoms with E-state index in [-0.39, 0.29) is 0 Å². The van der Waals surface area contributed by atoms with Gasteiger partial charge in [-0.05, 0) is 55.7 Å². The average Bonchev–Trinajstić information content (AvgIpc) is 3.03. The molecule has 0 heterocycles. The van der Waals surface area contributed by atoms with E-state index in [0.29, 0.717) is 6.04 Å². The van der Waals surface area contributed by atoms with Crippen LogP contribution in [0, 0.1) is 5.92 Å². The summed E-state index contributed by atoms with van der Waals surface area (Å²) in [4.78, 5) is 0. The lowest BCUT2D eigenvalue weighted by Crippen LogP contribution is -2.22. The molecule has 0 bridgehead atoms. The van der Waals surface area contributed by atoms with Gasteiger partial charge in [-0.25, -0.2) is 0 Å². The Hall–Kier alpha value is -0.820. The van der Waals surface area contributed by atoms with Gasteiger partial charge >= 0.3 is 0 Å². The van der Waals surface area contributed by atoms with E-state index in [1.807, 2.05) is 0 Å². The monoisotopic (exact) mass is 215 g/mol. The normalized spacial score (nSPS) is 22.8. The number of hydrogen-bond donors (Lipinski definition) is 1. The van der Waals surface area contributed by atoms with Crippen LogP contribution < -0.4 is 5.32 Å². The molecule has 0 aliphatic heterocycles. The van der Waals surface area contributed by atoms with E-state index in [9.17, 15) is 0 Å². The largest absolute Gasteiger partial charge is 0.313 e. The maximum absolute atomic E-state index is 3.52. The van der Waals surface area contributed by atoms with Crippen molar-refractivity contribution < 1.29 is 0 Å². The van der Waals surface area contributed by atoms with E-state index < -0.39 is 0 Å². The van der Waals surface area contributed by atoms with Gasteiger partial charge in [-0.15, -0.1) is 0 Å². The highest BCUT2D eigenvalue weighted by Crippen LogP contribution is 2.45. The average molecular weight is 215 g/mol. The maximum Gasteiger partial charge on any atom is 0.0348 e. The van der Waals surface area contributed by atoms with Crippen LogP contribution in [0.15, 0.2) is 24.3 Å². The van der Waals surface area contributed by atoms with Crippen molar-refractivity contribution in [3.05, 3.63) is 35.4 Å². The van der Waals surface area contributed by atoms with Crippen LogP contribution in [0.25, 0.3) is 0 Å². The zero-order valence-corrected chi connectivity index (χ0v) is 10.1. The van der Waals surface area contributed by atoms with Gasteiger partial charge in [0.15, 0.2) is 0 Å². The molecular weight excluding hydrogens is 194 g/mol. The van der Waals surface area contributed by atoms with Crippen LogP contribution in [0.3, 0.4) is 0 Å². The van der Waals surface area contributed by atoms with Crippen LogP contribution in [0.2, 0.25) is 0 Å². The highest BCUT2D eigenvalue weighted by molar-refractivity contribution is 5.35. The summed E-state index contributed by atoms with van der Waals surface area (Å²) in [6.45, 7) is 0. The first-order valence-corrected chi connectivity index (χ1v) is 6.66. The molecule has 1 heteroatoms. The third kappa shape index (κ3) is 1.78. The summed E-state index contributed by atoms with van der Waals surface area (Å²) in [6, 6.07) is 9.71. The van der Waals surface area contributed by atoms with E-state index >= 15 is 0 Å². The van der Waals surface area contributed by atoms with Gasteiger partial charge in [0, 0.05) is 6.04 Å². The van der Waals surface area contributed by atoms with Crippen LogP contribution in [-0.4, -0.2) is 7.05 Å². The summed E-state index contributed by atoms with van der Waals surface area (Å²) in [5.74, 6) is 1.75. The standard InChI is InChI=1S/C15H21N/c1-16-15(12-9-10-12)14-8-3-2-7-13(14)11-5-4-6-11/h2-3,7-8,11-12,15-16H,4-6,9-10H2,1H3. The van der Waals surface area contributed by atoms with Crippen molar-refractivity contribution in [3.63, 3.8) is 0 Å². The quantitative estimate of drug-likeness (QED) is 0.808. The number of nitrogens with one attached hydrogen (secondary N) is 1. The van der Waals surface area contributed by atoms with Crippen molar-refractivity contribution in [2.75, 3.05) is 7.05 Å². The molecule has 16 heavy (non-hydrogen) atoms. The fourth-order valence-corrected chi connectivity index (χ4v) is 2.96. The van der Waals surface area contributed by atoms with E-state index in [2.05, 4.69) is 36.6 Å². The van der Waals surface area contributed by atoms with E-state index in [0.717, 1.165) is 11.8 Å². The molecule has 0 saturated heterocycles. The summed E-state index contributed by atoms with van der Waals surface area (Å²) < 4.78 is 0. The Kier molecular flexibility index (Phi) is 2.72. The molecule has 2 aliphatic carbocycles. The molecule has 0 radical (unpaired) electrons.